The molecule has 2 heterocycles. The third kappa shape index (κ3) is 11.2. The SMILES string of the molecule is NCCCN[CH]([Pb])CN1CCCCC1.c1ccc(CCN2CCCCC2)cc1. The van der Waals surface area contributed by atoms with Crippen molar-refractivity contribution in [1.29, 1.82) is 0 Å². The average Bonchev–Trinajstić information content (AvgIpc) is 2.75. The van der Waals surface area contributed by atoms with Gasteiger partial charge in [-0.1, -0.05) is 36.8 Å². The summed E-state index contributed by atoms with van der Waals surface area (Å²) in [7, 11) is 0. The van der Waals surface area contributed by atoms with E-state index >= 15 is 0 Å². The van der Waals surface area contributed by atoms with Crippen molar-refractivity contribution in [2.45, 2.75) is 55.0 Å². The molecule has 1 unspecified atom stereocenters. The van der Waals surface area contributed by atoms with Crippen LogP contribution in [0, 0.1) is 0 Å². The molecule has 2 fully saturated rings. The van der Waals surface area contributed by atoms with E-state index in [9.17, 15) is 0 Å². The molecule has 0 saturated carbocycles. The van der Waals surface area contributed by atoms with Crippen molar-refractivity contribution >= 4 is 25.8 Å². The molecule has 2 saturated heterocycles. The van der Waals surface area contributed by atoms with Crippen LogP contribution in [0.2, 0.25) is 0 Å². The second-order valence-corrected chi connectivity index (χ2v) is 10.9. The van der Waals surface area contributed by atoms with E-state index < -0.39 is 0 Å². The number of nitrogens with two attached hydrogens (primary N) is 1. The summed E-state index contributed by atoms with van der Waals surface area (Å²) in [5.74, 6) is 0. The number of rotatable bonds is 9. The van der Waals surface area contributed by atoms with Gasteiger partial charge >= 0.3 is 104 Å². The van der Waals surface area contributed by atoms with Gasteiger partial charge in [-0.2, -0.15) is 0 Å². The molecule has 157 valence electrons. The van der Waals surface area contributed by atoms with Crippen LogP contribution in [0.15, 0.2) is 30.3 Å². The zero-order valence-electron chi connectivity index (χ0n) is 17.7. The minimum atomic E-state index is 0.750. The Hall–Kier alpha value is -0.0179. The van der Waals surface area contributed by atoms with Crippen LogP contribution in [0.4, 0.5) is 0 Å². The number of nitrogens with zero attached hydrogens (tertiary/aromatic N) is 2. The van der Waals surface area contributed by atoms with Crippen molar-refractivity contribution in [1.82, 2.24) is 15.1 Å². The van der Waals surface area contributed by atoms with E-state index in [1.807, 2.05) is 0 Å². The van der Waals surface area contributed by atoms with Gasteiger partial charge in [0.05, 0.1) is 0 Å². The minimum Gasteiger partial charge on any atom is -0.303 e. The van der Waals surface area contributed by atoms with Crippen molar-refractivity contribution in [3.63, 3.8) is 0 Å². The normalized spacial score (nSPS) is 19.6. The van der Waals surface area contributed by atoms with Crippen LogP contribution in [0.25, 0.3) is 0 Å². The second kappa shape index (κ2) is 15.8. The van der Waals surface area contributed by atoms with Crippen LogP contribution in [0.3, 0.4) is 0 Å². The number of hydrogen-bond donors (Lipinski definition) is 2. The Labute approximate surface area is 189 Å². The third-order valence-electron chi connectivity index (χ3n) is 5.67. The fourth-order valence-corrected chi connectivity index (χ4v) is 5.52. The van der Waals surface area contributed by atoms with E-state index in [0.717, 1.165) is 23.1 Å². The first kappa shape index (κ1) is 24.3. The summed E-state index contributed by atoms with van der Waals surface area (Å²) in [6.07, 6.45) is 10.8. The largest absolute Gasteiger partial charge is 0.303 e. The molecule has 0 bridgehead atoms. The molecule has 3 radical (unpaired) electrons. The second-order valence-electron chi connectivity index (χ2n) is 8.15. The number of hydrogen-bond acceptors (Lipinski definition) is 4. The average molecular weight is 581 g/mol. The molecule has 28 heavy (non-hydrogen) atoms. The predicted octanol–water partition coefficient (Wildman–Crippen LogP) is 2.62. The van der Waals surface area contributed by atoms with Crippen molar-refractivity contribution in [3.05, 3.63) is 35.9 Å². The van der Waals surface area contributed by atoms with Crippen LogP contribution in [0.5, 0.6) is 0 Å². The molecule has 0 aliphatic carbocycles. The topological polar surface area (TPSA) is 44.5 Å². The number of likely N-dealkylation sites (tertiary alicyclic amines) is 2. The molecule has 1 atom stereocenters. The maximum Gasteiger partial charge on any atom is 0.00218 e. The molecule has 2 aliphatic rings. The van der Waals surface area contributed by atoms with Gasteiger partial charge in [0, 0.05) is 6.54 Å². The van der Waals surface area contributed by atoms with Gasteiger partial charge in [-0.05, 0) is 37.9 Å². The summed E-state index contributed by atoms with van der Waals surface area (Å²) >= 11 is 1.25. The Morgan fingerprint density at radius 3 is 2.11 bits per heavy atom. The molecule has 1 aromatic rings. The zero-order valence-corrected chi connectivity index (χ0v) is 21.6. The monoisotopic (exact) mass is 581 g/mol. The van der Waals surface area contributed by atoms with Crippen LogP contribution >= 0.6 is 0 Å². The number of nitrogens with one attached hydrogen (secondary N) is 1. The number of piperidine rings is 2. The van der Waals surface area contributed by atoms with Crippen LogP contribution in [0.1, 0.15) is 50.5 Å². The standard InChI is InChI=1S/C13H19N.C10H22N3.Pb/c1-3-7-13(8-4-1)9-12-14-10-5-2-6-11-14;11-5-4-6-12-7-10-13-8-2-1-3-9-13;/h1,3-4,7-8H,2,5-6,9-12H2;7,12H,1-6,8-11H2;. The van der Waals surface area contributed by atoms with Crippen LogP contribution in [-0.4, -0.2) is 91.5 Å². The summed E-state index contributed by atoms with van der Waals surface area (Å²) in [6.45, 7) is 9.67. The first-order chi connectivity index (χ1) is 13.8. The Balaban J connectivity index is 0.000000200. The van der Waals surface area contributed by atoms with Crippen molar-refractivity contribution in [3.8, 4) is 0 Å². The van der Waals surface area contributed by atoms with E-state index in [0.29, 0.717) is 0 Å². The first-order valence-corrected chi connectivity index (χ1v) is 13.7. The fourth-order valence-electron chi connectivity index (χ4n) is 3.96. The minimum absolute atomic E-state index is 0.750. The molecule has 0 spiro atoms. The van der Waals surface area contributed by atoms with E-state index in [1.165, 1.54) is 116 Å². The van der Waals surface area contributed by atoms with Gasteiger partial charge in [-0.25, -0.2) is 0 Å². The van der Waals surface area contributed by atoms with Crippen molar-refractivity contribution in [2.75, 3.05) is 52.4 Å². The number of benzene rings is 1. The molecule has 0 aromatic heterocycles. The molecular formula is C23H41N4Pb. The van der Waals surface area contributed by atoms with Crippen molar-refractivity contribution < 1.29 is 0 Å². The van der Waals surface area contributed by atoms with Gasteiger partial charge in [0.2, 0.25) is 0 Å². The molecule has 1 aromatic carbocycles. The van der Waals surface area contributed by atoms with Crippen LogP contribution in [-0.2, 0) is 6.42 Å². The summed E-state index contributed by atoms with van der Waals surface area (Å²) < 4.78 is 0.750. The third-order valence-corrected chi connectivity index (χ3v) is 7.17. The Morgan fingerprint density at radius 1 is 0.893 bits per heavy atom. The molecule has 3 rings (SSSR count). The van der Waals surface area contributed by atoms with Crippen LogP contribution < -0.4 is 11.1 Å². The van der Waals surface area contributed by atoms with Gasteiger partial charge in [-0.3, -0.25) is 0 Å². The molecular weight excluding hydrogens is 539 g/mol. The van der Waals surface area contributed by atoms with Crippen molar-refractivity contribution in [2.24, 2.45) is 5.73 Å². The van der Waals surface area contributed by atoms with Gasteiger partial charge in [0.25, 0.3) is 0 Å². The Morgan fingerprint density at radius 2 is 1.50 bits per heavy atom. The summed E-state index contributed by atoms with van der Waals surface area (Å²) in [5.41, 5.74) is 6.93. The summed E-state index contributed by atoms with van der Waals surface area (Å²) in [6, 6.07) is 10.8. The van der Waals surface area contributed by atoms with E-state index in [4.69, 9.17) is 5.73 Å². The quantitative estimate of drug-likeness (QED) is 0.348. The summed E-state index contributed by atoms with van der Waals surface area (Å²) in [5, 5.41) is 3.57. The maximum atomic E-state index is 5.46. The van der Waals surface area contributed by atoms with Gasteiger partial charge < -0.3 is 4.90 Å². The molecule has 4 nitrogen and oxygen atoms in total. The van der Waals surface area contributed by atoms with E-state index in [-0.39, 0.29) is 0 Å². The van der Waals surface area contributed by atoms with E-state index in [2.05, 4.69) is 45.4 Å². The van der Waals surface area contributed by atoms with E-state index in [1.54, 1.807) is 0 Å². The fraction of sp³-hybridized carbons (Fsp3) is 0.739. The molecule has 2 aliphatic heterocycles. The Bertz CT molecular complexity index is 473. The predicted molar refractivity (Wildman–Crippen MR) is 122 cm³/mol. The maximum absolute atomic E-state index is 5.46. The van der Waals surface area contributed by atoms with Gasteiger partial charge in [-0.15, -0.1) is 0 Å². The first-order valence-electron chi connectivity index (χ1n) is 11.4. The smallest absolute Gasteiger partial charge is 0.00218 e. The molecule has 0 amide bonds. The Kier molecular flexibility index (Phi) is 13.7. The molecule has 3 N–H and O–H groups in total. The zero-order chi connectivity index (χ0) is 19.9. The van der Waals surface area contributed by atoms with Gasteiger partial charge in [0.15, 0.2) is 0 Å². The van der Waals surface area contributed by atoms with Gasteiger partial charge in [0.1, 0.15) is 0 Å². The summed E-state index contributed by atoms with van der Waals surface area (Å²) in [4.78, 5) is 5.20. The molecule has 5 heteroatoms.